The van der Waals surface area contributed by atoms with E-state index in [1.54, 1.807) is 36.4 Å². The first-order chi connectivity index (χ1) is 17.6. The van der Waals surface area contributed by atoms with Gasteiger partial charge < -0.3 is 25.2 Å². The zero-order valence-electron chi connectivity index (χ0n) is 20.0. The van der Waals surface area contributed by atoms with Crippen LogP contribution in [0.3, 0.4) is 0 Å². The second kappa shape index (κ2) is 12.7. The first-order valence-corrected chi connectivity index (χ1v) is 13.1. The molecule has 196 valence electrons. The lowest BCUT2D eigenvalue weighted by Crippen LogP contribution is -2.35. The average molecular weight is 547 g/mol. The summed E-state index contributed by atoms with van der Waals surface area (Å²) in [6.07, 6.45) is -1.92. The van der Waals surface area contributed by atoms with Gasteiger partial charge in [-0.15, -0.1) is 0 Å². The summed E-state index contributed by atoms with van der Waals surface area (Å²) in [4.78, 5) is 25.0. The number of rotatable bonds is 11. The van der Waals surface area contributed by atoms with Gasteiger partial charge in [0.05, 0.1) is 22.4 Å². The summed E-state index contributed by atoms with van der Waals surface area (Å²) in [5.41, 5.74) is 1.41. The third-order valence-electron chi connectivity index (χ3n) is 5.58. The van der Waals surface area contributed by atoms with Gasteiger partial charge in [0.25, 0.3) is 5.91 Å². The van der Waals surface area contributed by atoms with Gasteiger partial charge in [0.15, 0.2) is 0 Å². The van der Waals surface area contributed by atoms with Gasteiger partial charge in [0, 0.05) is 24.2 Å². The van der Waals surface area contributed by atoms with Crippen molar-refractivity contribution in [3.05, 3.63) is 94.5 Å². The summed E-state index contributed by atoms with van der Waals surface area (Å²) in [6, 6.07) is 18.4. The largest absolute Gasteiger partial charge is 0.465 e. The van der Waals surface area contributed by atoms with Crippen LogP contribution in [0, 0.1) is 0 Å². The van der Waals surface area contributed by atoms with E-state index in [0.717, 1.165) is 10.5 Å². The average Bonchev–Trinajstić information content (AvgIpc) is 2.89. The highest BCUT2D eigenvalue weighted by Crippen LogP contribution is 2.23. The van der Waals surface area contributed by atoms with Crippen LogP contribution in [0.1, 0.15) is 27.6 Å². The molecule has 3 aromatic carbocycles. The molecule has 0 saturated heterocycles. The number of amides is 2. The number of aliphatic hydroxyl groups excluding tert-OH is 1. The van der Waals surface area contributed by atoms with E-state index in [-0.39, 0.29) is 35.2 Å². The Labute approximate surface area is 220 Å². The molecule has 0 bridgehead atoms. The Hall–Kier alpha value is -3.44. The van der Waals surface area contributed by atoms with Gasteiger partial charge in [0.1, 0.15) is 6.73 Å². The number of aliphatic hydroxyl groups is 1. The van der Waals surface area contributed by atoms with Gasteiger partial charge in [-0.05, 0) is 60.0 Å². The van der Waals surface area contributed by atoms with E-state index < -0.39 is 27.9 Å². The number of hydrogen-bond acceptors (Lipinski definition) is 6. The maximum Gasteiger partial charge on any atom is 0.407 e. The molecule has 0 saturated carbocycles. The van der Waals surface area contributed by atoms with Gasteiger partial charge in [-0.25, -0.2) is 13.2 Å². The molecule has 0 heterocycles. The highest BCUT2D eigenvalue weighted by atomic mass is 35.5. The van der Waals surface area contributed by atoms with Crippen molar-refractivity contribution in [2.24, 2.45) is 0 Å². The fraction of sp³-hybridized carbons (Fsp3) is 0.231. The van der Waals surface area contributed by atoms with Crippen molar-refractivity contribution in [3.8, 4) is 0 Å². The molecule has 1 atom stereocenters. The molecule has 3 rings (SSSR count). The summed E-state index contributed by atoms with van der Waals surface area (Å²) in [5, 5.41) is 22.9. The molecule has 37 heavy (non-hydrogen) atoms. The van der Waals surface area contributed by atoms with Gasteiger partial charge in [-0.3, -0.25) is 4.79 Å². The van der Waals surface area contributed by atoms with E-state index in [4.69, 9.17) is 16.3 Å². The molecule has 3 N–H and O–H groups in total. The maximum atomic E-state index is 13.1. The van der Waals surface area contributed by atoms with E-state index in [9.17, 15) is 28.2 Å². The number of carboxylic acid groups (broad SMARTS) is 1. The minimum Gasteiger partial charge on any atom is -0.465 e. The highest BCUT2D eigenvalue weighted by Gasteiger charge is 2.21. The van der Waals surface area contributed by atoms with Crippen molar-refractivity contribution in [3.63, 3.8) is 0 Å². The Kier molecular flexibility index (Phi) is 9.65. The second-order valence-electron chi connectivity index (χ2n) is 8.16. The van der Waals surface area contributed by atoms with Gasteiger partial charge in [-0.2, -0.15) is 0 Å². The number of hydrogen-bond donors (Lipinski definition) is 3. The molecule has 2 amide bonds. The summed E-state index contributed by atoms with van der Waals surface area (Å²) in [5.74, 6) is -0.460. The Morgan fingerprint density at radius 2 is 1.73 bits per heavy atom. The first kappa shape index (κ1) is 28.1. The van der Waals surface area contributed by atoms with E-state index in [1.165, 1.54) is 43.5 Å². The number of methoxy groups -OCH3 is 1. The molecule has 11 heteroatoms. The van der Waals surface area contributed by atoms with E-state index >= 15 is 0 Å². The van der Waals surface area contributed by atoms with Crippen LogP contribution in [0.15, 0.2) is 82.6 Å². The summed E-state index contributed by atoms with van der Waals surface area (Å²) in [7, 11) is -2.46. The molecule has 0 radical (unpaired) electrons. The molecule has 0 aliphatic heterocycles. The molecule has 0 fully saturated rings. The van der Waals surface area contributed by atoms with Crippen LogP contribution in [-0.4, -0.2) is 62.5 Å². The number of halogens is 1. The van der Waals surface area contributed by atoms with Gasteiger partial charge in [-0.1, -0.05) is 41.9 Å². The fourth-order valence-electron chi connectivity index (χ4n) is 3.57. The van der Waals surface area contributed by atoms with Crippen molar-refractivity contribution in [1.82, 2.24) is 10.2 Å². The van der Waals surface area contributed by atoms with Gasteiger partial charge in [0.2, 0.25) is 9.84 Å². The van der Waals surface area contributed by atoms with Crippen LogP contribution in [0.2, 0.25) is 5.02 Å². The number of carbonyl (C=O) groups excluding carboxylic acids is 1. The highest BCUT2D eigenvalue weighted by molar-refractivity contribution is 7.91. The predicted molar refractivity (Wildman–Crippen MR) is 137 cm³/mol. The standard InChI is InChI=1S/C26H27ClN2O7S/c1-36-17-28-25(31)20-5-3-7-23(15-20)37(34,35)22-10-8-18(9-11-22)12-13-29(26(32)33)16-24(30)19-4-2-6-21(27)14-19/h2-11,14-15,24,30H,12-13,16-17H2,1H3,(H,28,31)(H,32,33)/t24-/m0/s1. The van der Waals surface area contributed by atoms with E-state index in [0.29, 0.717) is 17.0 Å². The number of nitrogens with one attached hydrogen (secondary N) is 1. The Bertz CT molecular complexity index is 1350. The minimum atomic E-state index is -3.89. The number of ether oxygens (including phenoxy) is 1. The van der Waals surface area contributed by atoms with Crippen LogP contribution < -0.4 is 5.32 Å². The lowest BCUT2D eigenvalue weighted by atomic mass is 10.1. The van der Waals surface area contributed by atoms with Crippen LogP contribution in [0.5, 0.6) is 0 Å². The normalized spacial score (nSPS) is 12.1. The molecule has 9 nitrogen and oxygen atoms in total. The van der Waals surface area contributed by atoms with E-state index in [2.05, 4.69) is 5.32 Å². The molecule has 0 aliphatic rings. The van der Waals surface area contributed by atoms with Crippen LogP contribution in [0.25, 0.3) is 0 Å². The minimum absolute atomic E-state index is 0.00382. The lowest BCUT2D eigenvalue weighted by Gasteiger charge is -2.23. The third kappa shape index (κ3) is 7.53. The monoisotopic (exact) mass is 546 g/mol. The predicted octanol–water partition coefficient (Wildman–Crippen LogP) is 3.76. The third-order valence-corrected chi connectivity index (χ3v) is 7.59. The van der Waals surface area contributed by atoms with Gasteiger partial charge >= 0.3 is 6.09 Å². The van der Waals surface area contributed by atoms with Crippen LogP contribution in [-0.2, 0) is 21.0 Å². The molecule has 3 aromatic rings. The van der Waals surface area contributed by atoms with Crippen LogP contribution >= 0.6 is 11.6 Å². The number of benzene rings is 3. The van der Waals surface area contributed by atoms with Crippen molar-refractivity contribution >= 4 is 33.4 Å². The molecular weight excluding hydrogens is 520 g/mol. The molecule has 0 aromatic heterocycles. The number of sulfone groups is 1. The van der Waals surface area contributed by atoms with Crippen molar-refractivity contribution in [1.29, 1.82) is 0 Å². The number of nitrogens with zero attached hydrogens (tertiary/aromatic N) is 1. The topological polar surface area (TPSA) is 133 Å². The van der Waals surface area contributed by atoms with Crippen molar-refractivity contribution < 1.29 is 33.0 Å². The quantitative estimate of drug-likeness (QED) is 0.312. The zero-order valence-corrected chi connectivity index (χ0v) is 21.6. The fourth-order valence-corrected chi connectivity index (χ4v) is 5.08. The van der Waals surface area contributed by atoms with Crippen LogP contribution in [0.4, 0.5) is 4.79 Å². The van der Waals surface area contributed by atoms with E-state index in [1.807, 2.05) is 0 Å². The summed E-state index contributed by atoms with van der Waals surface area (Å²) < 4.78 is 31.0. The Morgan fingerprint density at radius 3 is 2.38 bits per heavy atom. The SMILES string of the molecule is COCNC(=O)c1cccc(S(=O)(=O)c2ccc(CCN(C[C@H](O)c3cccc(Cl)c3)C(=O)O)cc2)c1. The summed E-state index contributed by atoms with van der Waals surface area (Å²) in [6.45, 7) is -0.0513. The number of carbonyl (C=O) groups is 2. The second-order valence-corrected chi connectivity index (χ2v) is 10.5. The Morgan fingerprint density at radius 1 is 1.03 bits per heavy atom. The smallest absolute Gasteiger partial charge is 0.407 e. The zero-order chi connectivity index (χ0) is 27.0. The first-order valence-electron chi connectivity index (χ1n) is 11.2. The molecular formula is C26H27ClN2O7S. The molecule has 0 spiro atoms. The molecule has 0 aliphatic carbocycles. The maximum absolute atomic E-state index is 13.1. The Balaban J connectivity index is 1.67. The lowest BCUT2D eigenvalue weighted by molar-refractivity contribution is 0.0872. The molecule has 0 unspecified atom stereocenters. The van der Waals surface area contributed by atoms with Crippen molar-refractivity contribution in [2.45, 2.75) is 22.3 Å². The van der Waals surface area contributed by atoms with Crippen molar-refractivity contribution in [2.75, 3.05) is 26.9 Å². The summed E-state index contributed by atoms with van der Waals surface area (Å²) >= 11 is 5.95.